The van der Waals surface area contributed by atoms with Gasteiger partial charge < -0.3 is 5.02 Å². The molecule has 0 fully saturated rings. The van der Waals surface area contributed by atoms with Gasteiger partial charge in [0.2, 0.25) is 0 Å². The lowest BCUT2D eigenvalue weighted by molar-refractivity contribution is 0.0358. The topological polar surface area (TPSA) is 86.7 Å². The van der Waals surface area contributed by atoms with E-state index in [0.717, 1.165) is 11.1 Å². The first kappa shape index (κ1) is 21.4. The highest BCUT2D eigenvalue weighted by atomic mass is 16.2. The van der Waals surface area contributed by atoms with Crippen LogP contribution in [-0.4, -0.2) is 41.2 Å². The predicted octanol–water partition coefficient (Wildman–Crippen LogP) is 1.67. The van der Waals surface area contributed by atoms with E-state index >= 15 is 0 Å². The van der Waals surface area contributed by atoms with Crippen LogP contribution in [0.4, 0.5) is 0 Å². The third kappa shape index (κ3) is 4.87. The highest BCUT2D eigenvalue weighted by Crippen LogP contribution is 2.18. The van der Waals surface area contributed by atoms with E-state index in [1.165, 1.54) is 23.2 Å². The largest absolute Gasteiger partial charge is 0.449 e. The minimum atomic E-state index is -0.678. The molecule has 0 saturated heterocycles. The lowest BCUT2D eigenvalue weighted by Gasteiger charge is -2.35. The number of aldehydes is 1. The Bertz CT molecular complexity index is 899. The molecule has 0 atom stereocenters. The molecular weight excluding hydrogens is 355 g/mol. The van der Waals surface area contributed by atoms with Crippen molar-refractivity contribution < 1.29 is 19.4 Å². The number of carbonyl (C=O) groups excluding carboxylic acids is 3. The molecule has 7 heteroatoms. The average Bonchev–Trinajstić information content (AvgIpc) is 2.63. The number of nitrogens with zero attached hydrogens (tertiary/aromatic N) is 1. The summed E-state index contributed by atoms with van der Waals surface area (Å²) in [7, 11) is -0.296. The summed E-state index contributed by atoms with van der Waals surface area (Å²) in [5.41, 5.74) is 5.28. The third-order valence-electron chi connectivity index (χ3n) is 4.26. The molecule has 0 bridgehead atoms. The van der Waals surface area contributed by atoms with E-state index in [1.54, 1.807) is 12.1 Å². The Labute approximate surface area is 165 Å². The Morgan fingerprint density at radius 1 is 1.04 bits per heavy atom. The highest BCUT2D eigenvalue weighted by Gasteiger charge is 2.30. The van der Waals surface area contributed by atoms with Gasteiger partial charge in [0.1, 0.15) is 6.29 Å². The van der Waals surface area contributed by atoms with Crippen LogP contribution < -0.4 is 10.9 Å². The van der Waals surface area contributed by atoms with Crippen molar-refractivity contribution >= 4 is 31.0 Å². The van der Waals surface area contributed by atoms with E-state index in [4.69, 9.17) is 0 Å². The molecule has 146 valence electrons. The Balaban J connectivity index is 2.36. The second kappa shape index (κ2) is 8.40. The number of benzene rings is 2. The van der Waals surface area contributed by atoms with Crippen LogP contribution in [0.25, 0.3) is 0 Å². The molecule has 2 N–H and O–H groups in total. The monoisotopic (exact) mass is 380 g/mol. The zero-order chi connectivity index (χ0) is 21.1. The smallest absolute Gasteiger partial charge is 0.305 e. The van der Waals surface area contributed by atoms with Gasteiger partial charge in [-0.05, 0) is 64.3 Å². The molecule has 0 radical (unpaired) electrons. The van der Waals surface area contributed by atoms with Crippen molar-refractivity contribution in [2.24, 2.45) is 0 Å². The summed E-state index contributed by atoms with van der Waals surface area (Å²) in [5, 5.41) is 10.6. The standard InChI is InChI=1S/C21H25BN2O4/c1-13-8-14(2)10-16(9-13)20(27)24(21(3,4)5)23-19(26)15-6-7-18(22-28)17(11-15)12-25/h6-12,22,28H,1-5H3,(H,23,26). The fourth-order valence-corrected chi connectivity index (χ4v) is 2.91. The maximum atomic E-state index is 13.1. The molecule has 2 aromatic carbocycles. The molecule has 0 heterocycles. The lowest BCUT2D eigenvalue weighted by atomic mass is 9.84. The van der Waals surface area contributed by atoms with Gasteiger partial charge in [-0.2, -0.15) is 0 Å². The normalized spacial score (nSPS) is 10.9. The summed E-state index contributed by atoms with van der Waals surface area (Å²) in [6.45, 7) is 9.28. The number of hydrazine groups is 1. The number of hydrogen-bond acceptors (Lipinski definition) is 4. The molecule has 0 aliphatic carbocycles. The van der Waals surface area contributed by atoms with Crippen molar-refractivity contribution in [3.05, 3.63) is 64.2 Å². The van der Waals surface area contributed by atoms with Gasteiger partial charge in [0.15, 0.2) is 0 Å². The minimum absolute atomic E-state index is 0.224. The molecule has 2 aromatic rings. The van der Waals surface area contributed by atoms with E-state index in [1.807, 2.05) is 40.7 Å². The summed E-state index contributed by atoms with van der Waals surface area (Å²) < 4.78 is 0. The molecule has 0 aliphatic heterocycles. The Kier molecular flexibility index (Phi) is 6.41. The van der Waals surface area contributed by atoms with E-state index in [-0.39, 0.29) is 24.5 Å². The van der Waals surface area contributed by atoms with E-state index < -0.39 is 11.4 Å². The van der Waals surface area contributed by atoms with Gasteiger partial charge in [0, 0.05) is 16.7 Å². The highest BCUT2D eigenvalue weighted by molar-refractivity contribution is 6.47. The van der Waals surface area contributed by atoms with Gasteiger partial charge in [-0.1, -0.05) is 23.3 Å². The van der Waals surface area contributed by atoms with Crippen LogP contribution >= 0.6 is 0 Å². The number of hydrogen-bond donors (Lipinski definition) is 2. The first-order valence-corrected chi connectivity index (χ1v) is 8.99. The van der Waals surface area contributed by atoms with Gasteiger partial charge in [-0.25, -0.2) is 5.01 Å². The third-order valence-corrected chi connectivity index (χ3v) is 4.26. The summed E-state index contributed by atoms with van der Waals surface area (Å²) in [5.74, 6) is -0.838. The zero-order valence-electron chi connectivity index (χ0n) is 16.9. The molecule has 2 rings (SSSR count). The average molecular weight is 380 g/mol. The van der Waals surface area contributed by atoms with Gasteiger partial charge in [0.25, 0.3) is 11.8 Å². The number of amides is 2. The first-order chi connectivity index (χ1) is 13.1. The summed E-state index contributed by atoms with van der Waals surface area (Å²) in [6, 6.07) is 9.96. The molecule has 0 aliphatic rings. The van der Waals surface area contributed by atoms with Gasteiger partial charge in [-0.3, -0.25) is 19.8 Å². The number of nitrogens with one attached hydrogen (secondary N) is 1. The van der Waals surface area contributed by atoms with Crippen LogP contribution in [0.5, 0.6) is 0 Å². The zero-order valence-corrected chi connectivity index (χ0v) is 16.9. The fourth-order valence-electron chi connectivity index (χ4n) is 2.91. The van der Waals surface area contributed by atoms with Crippen LogP contribution in [-0.2, 0) is 0 Å². The van der Waals surface area contributed by atoms with Crippen molar-refractivity contribution in [1.82, 2.24) is 10.4 Å². The quantitative estimate of drug-likeness (QED) is 0.480. The Hall–Kier alpha value is -2.93. The maximum absolute atomic E-state index is 13.1. The Morgan fingerprint density at radius 2 is 1.64 bits per heavy atom. The molecule has 28 heavy (non-hydrogen) atoms. The molecule has 0 unspecified atom stereocenters. The number of carbonyl (C=O) groups is 3. The predicted molar refractivity (Wildman–Crippen MR) is 110 cm³/mol. The molecule has 6 nitrogen and oxygen atoms in total. The van der Waals surface area contributed by atoms with E-state index in [9.17, 15) is 19.4 Å². The van der Waals surface area contributed by atoms with Crippen LogP contribution in [0, 0.1) is 13.8 Å². The van der Waals surface area contributed by atoms with Crippen molar-refractivity contribution in [3.8, 4) is 0 Å². The second-order valence-electron chi connectivity index (χ2n) is 7.82. The molecule has 0 aromatic heterocycles. The van der Waals surface area contributed by atoms with E-state index in [0.29, 0.717) is 17.3 Å². The fraction of sp³-hybridized carbons (Fsp3) is 0.286. The van der Waals surface area contributed by atoms with Gasteiger partial charge in [0.05, 0.1) is 5.54 Å². The van der Waals surface area contributed by atoms with Crippen molar-refractivity contribution in [3.63, 3.8) is 0 Å². The van der Waals surface area contributed by atoms with Crippen molar-refractivity contribution in [1.29, 1.82) is 0 Å². The van der Waals surface area contributed by atoms with Gasteiger partial charge in [-0.15, -0.1) is 0 Å². The van der Waals surface area contributed by atoms with Crippen LogP contribution in [0.3, 0.4) is 0 Å². The molecule has 0 saturated carbocycles. The maximum Gasteiger partial charge on any atom is 0.305 e. The number of aryl methyl sites for hydroxylation is 2. The lowest BCUT2D eigenvalue weighted by Crippen LogP contribution is -2.56. The van der Waals surface area contributed by atoms with E-state index in [2.05, 4.69) is 5.43 Å². The van der Waals surface area contributed by atoms with Crippen LogP contribution in [0.1, 0.15) is 63.0 Å². The van der Waals surface area contributed by atoms with Crippen molar-refractivity contribution in [2.75, 3.05) is 0 Å². The summed E-state index contributed by atoms with van der Waals surface area (Å²) >= 11 is 0. The molecule has 0 spiro atoms. The second-order valence-corrected chi connectivity index (χ2v) is 7.82. The van der Waals surface area contributed by atoms with Crippen LogP contribution in [0.15, 0.2) is 36.4 Å². The summed E-state index contributed by atoms with van der Waals surface area (Å²) in [6.07, 6.45) is 0.588. The SMILES string of the molecule is Cc1cc(C)cc(C(=O)N(NC(=O)c2ccc(BO)c(C=O)c2)C(C)(C)C)c1. The van der Waals surface area contributed by atoms with Crippen LogP contribution in [0.2, 0.25) is 0 Å². The minimum Gasteiger partial charge on any atom is -0.449 e. The van der Waals surface area contributed by atoms with Gasteiger partial charge >= 0.3 is 7.48 Å². The summed E-state index contributed by atoms with van der Waals surface area (Å²) in [4.78, 5) is 37.1. The Morgan fingerprint density at radius 3 is 2.14 bits per heavy atom. The molecule has 2 amide bonds. The molecular formula is C21H25BN2O4. The first-order valence-electron chi connectivity index (χ1n) is 8.99. The number of rotatable bonds is 4. The van der Waals surface area contributed by atoms with Crippen molar-refractivity contribution in [2.45, 2.75) is 40.2 Å².